The van der Waals surface area contributed by atoms with E-state index >= 15 is 0 Å². The van der Waals surface area contributed by atoms with Gasteiger partial charge in [-0.2, -0.15) is 0 Å². The van der Waals surface area contributed by atoms with Crippen LogP contribution in [0.4, 0.5) is 0 Å². The zero-order valence-corrected chi connectivity index (χ0v) is 8.95. The number of benzene rings is 1. The van der Waals surface area contributed by atoms with Gasteiger partial charge in [-0.3, -0.25) is 0 Å². The molecule has 0 aromatic heterocycles. The van der Waals surface area contributed by atoms with Gasteiger partial charge in [0.05, 0.1) is 0 Å². The first-order valence-corrected chi connectivity index (χ1v) is 5.78. The van der Waals surface area contributed by atoms with Crippen molar-refractivity contribution in [3.63, 3.8) is 0 Å². The van der Waals surface area contributed by atoms with E-state index < -0.39 is 0 Å². The van der Waals surface area contributed by atoms with Crippen molar-refractivity contribution in [1.82, 2.24) is 0 Å². The highest BCUT2D eigenvalue weighted by Crippen LogP contribution is 2.61. The van der Waals surface area contributed by atoms with Crippen molar-refractivity contribution in [2.45, 2.75) is 25.3 Å². The van der Waals surface area contributed by atoms with E-state index in [9.17, 15) is 0 Å². The van der Waals surface area contributed by atoms with Crippen LogP contribution in [0.15, 0.2) is 24.3 Å². The van der Waals surface area contributed by atoms with Crippen LogP contribution < -0.4 is 11.5 Å². The smallest absolute Gasteiger partial charge is 0.0197 e. The molecule has 2 aliphatic carbocycles. The van der Waals surface area contributed by atoms with E-state index in [2.05, 4.69) is 24.3 Å². The Balaban J connectivity index is 1.81. The van der Waals surface area contributed by atoms with Crippen LogP contribution in [-0.2, 0) is 12.8 Å². The van der Waals surface area contributed by atoms with Crippen LogP contribution in [-0.4, -0.2) is 12.6 Å². The van der Waals surface area contributed by atoms with Crippen LogP contribution >= 0.6 is 0 Å². The van der Waals surface area contributed by atoms with Gasteiger partial charge in [0.15, 0.2) is 0 Å². The molecule has 4 N–H and O–H groups in total. The van der Waals surface area contributed by atoms with Gasteiger partial charge in [-0.25, -0.2) is 0 Å². The predicted molar refractivity (Wildman–Crippen MR) is 61.4 cm³/mol. The molecular formula is C13H18N2. The molecule has 0 radical (unpaired) electrons. The minimum absolute atomic E-state index is 0.208. The third-order valence-electron chi connectivity index (χ3n) is 4.25. The average Bonchev–Trinajstić information content (AvgIpc) is 2.80. The molecule has 2 aliphatic rings. The molecule has 0 saturated heterocycles. The maximum absolute atomic E-state index is 6.04. The molecule has 2 nitrogen and oxygen atoms in total. The fourth-order valence-electron chi connectivity index (χ4n) is 3.28. The number of hydrogen-bond donors (Lipinski definition) is 2. The second-order valence-electron chi connectivity index (χ2n) is 5.19. The van der Waals surface area contributed by atoms with Gasteiger partial charge < -0.3 is 11.5 Å². The Labute approximate surface area is 90.7 Å². The van der Waals surface area contributed by atoms with Crippen molar-refractivity contribution < 1.29 is 0 Å². The number of nitrogens with two attached hydrogens (primary N) is 2. The molecular weight excluding hydrogens is 184 g/mol. The van der Waals surface area contributed by atoms with Crippen LogP contribution in [0.1, 0.15) is 17.5 Å². The monoisotopic (exact) mass is 202 g/mol. The van der Waals surface area contributed by atoms with Crippen molar-refractivity contribution in [3.8, 4) is 0 Å². The molecule has 1 fully saturated rings. The Morgan fingerprint density at radius 3 is 2.40 bits per heavy atom. The normalized spacial score (nSPS) is 27.7. The molecule has 1 spiro atoms. The topological polar surface area (TPSA) is 52.0 Å². The number of fused-ring (bicyclic) bond motifs is 1. The minimum Gasteiger partial charge on any atom is -0.329 e. The van der Waals surface area contributed by atoms with Crippen molar-refractivity contribution in [3.05, 3.63) is 35.4 Å². The molecule has 1 aromatic carbocycles. The van der Waals surface area contributed by atoms with Crippen molar-refractivity contribution in [2.24, 2.45) is 22.8 Å². The second kappa shape index (κ2) is 3.06. The first kappa shape index (κ1) is 9.37. The van der Waals surface area contributed by atoms with Crippen molar-refractivity contribution in [2.75, 3.05) is 6.54 Å². The Hall–Kier alpha value is -0.860. The standard InChI is InChI=1S/C13H18N2/c14-8-12(15)11-7-13(11)5-9-3-1-2-4-10(9)6-13/h1-4,11-12H,5-8,14-15H2/t11?,12-/m0/s1. The zero-order valence-electron chi connectivity index (χ0n) is 8.95. The molecule has 1 unspecified atom stereocenters. The quantitative estimate of drug-likeness (QED) is 0.754. The maximum Gasteiger partial charge on any atom is 0.0197 e. The molecule has 1 saturated carbocycles. The van der Waals surface area contributed by atoms with Gasteiger partial charge >= 0.3 is 0 Å². The fraction of sp³-hybridized carbons (Fsp3) is 0.538. The summed E-state index contributed by atoms with van der Waals surface area (Å²) in [7, 11) is 0. The highest BCUT2D eigenvalue weighted by molar-refractivity contribution is 5.38. The Bertz CT molecular complexity index is 361. The molecule has 15 heavy (non-hydrogen) atoms. The van der Waals surface area contributed by atoms with Crippen LogP contribution in [0.3, 0.4) is 0 Å². The molecule has 0 aliphatic heterocycles. The Morgan fingerprint density at radius 1 is 1.27 bits per heavy atom. The lowest BCUT2D eigenvalue weighted by Gasteiger charge is -2.13. The van der Waals surface area contributed by atoms with Crippen LogP contribution in [0.25, 0.3) is 0 Å². The van der Waals surface area contributed by atoms with Crippen LogP contribution in [0.2, 0.25) is 0 Å². The van der Waals surface area contributed by atoms with E-state index in [1.807, 2.05) is 0 Å². The first-order chi connectivity index (χ1) is 7.25. The summed E-state index contributed by atoms with van der Waals surface area (Å²) in [5.74, 6) is 0.662. The maximum atomic E-state index is 6.04. The first-order valence-electron chi connectivity index (χ1n) is 5.78. The molecule has 2 heteroatoms. The third kappa shape index (κ3) is 1.32. The lowest BCUT2D eigenvalue weighted by atomic mass is 9.96. The van der Waals surface area contributed by atoms with E-state index in [0.29, 0.717) is 17.9 Å². The summed E-state index contributed by atoms with van der Waals surface area (Å²) < 4.78 is 0. The fourth-order valence-corrected chi connectivity index (χ4v) is 3.28. The molecule has 0 heterocycles. The van der Waals surface area contributed by atoms with E-state index in [-0.39, 0.29) is 6.04 Å². The Kier molecular flexibility index (Phi) is 1.91. The summed E-state index contributed by atoms with van der Waals surface area (Å²) in [6.45, 7) is 0.628. The lowest BCUT2D eigenvalue weighted by molar-refractivity contribution is 0.434. The molecule has 2 atom stereocenters. The van der Waals surface area contributed by atoms with Crippen molar-refractivity contribution in [1.29, 1.82) is 0 Å². The number of rotatable bonds is 2. The highest BCUT2D eigenvalue weighted by atomic mass is 14.8. The average molecular weight is 202 g/mol. The summed E-state index contributed by atoms with van der Waals surface area (Å²) in [4.78, 5) is 0. The van der Waals surface area contributed by atoms with E-state index in [1.165, 1.54) is 30.4 Å². The molecule has 3 rings (SSSR count). The highest BCUT2D eigenvalue weighted by Gasteiger charge is 2.58. The van der Waals surface area contributed by atoms with Gasteiger partial charge in [0.2, 0.25) is 0 Å². The van der Waals surface area contributed by atoms with Crippen LogP contribution in [0.5, 0.6) is 0 Å². The zero-order chi connectivity index (χ0) is 10.5. The van der Waals surface area contributed by atoms with Crippen molar-refractivity contribution >= 4 is 0 Å². The van der Waals surface area contributed by atoms with Gasteiger partial charge in [-0.05, 0) is 41.7 Å². The van der Waals surface area contributed by atoms with Gasteiger partial charge in [-0.15, -0.1) is 0 Å². The third-order valence-corrected chi connectivity index (χ3v) is 4.25. The Morgan fingerprint density at radius 2 is 1.87 bits per heavy atom. The van der Waals surface area contributed by atoms with Crippen LogP contribution in [0, 0.1) is 11.3 Å². The summed E-state index contributed by atoms with van der Waals surface area (Å²) in [6, 6.07) is 9.00. The number of hydrogen-bond acceptors (Lipinski definition) is 2. The van der Waals surface area contributed by atoms with E-state index in [1.54, 1.807) is 0 Å². The minimum atomic E-state index is 0.208. The summed E-state index contributed by atoms with van der Waals surface area (Å²) in [6.07, 6.45) is 3.73. The van der Waals surface area contributed by atoms with Gasteiger partial charge in [0, 0.05) is 12.6 Å². The van der Waals surface area contributed by atoms with Gasteiger partial charge in [-0.1, -0.05) is 24.3 Å². The van der Waals surface area contributed by atoms with Gasteiger partial charge in [0.1, 0.15) is 0 Å². The second-order valence-corrected chi connectivity index (χ2v) is 5.19. The SMILES string of the molecule is NC[C@H](N)C1CC12Cc1ccccc1C2. The summed E-state index contributed by atoms with van der Waals surface area (Å²) >= 11 is 0. The molecule has 1 aromatic rings. The largest absolute Gasteiger partial charge is 0.329 e. The lowest BCUT2D eigenvalue weighted by Crippen LogP contribution is -2.34. The molecule has 0 bridgehead atoms. The van der Waals surface area contributed by atoms with E-state index in [4.69, 9.17) is 11.5 Å². The summed E-state index contributed by atoms with van der Waals surface area (Å²) in [5, 5.41) is 0. The van der Waals surface area contributed by atoms with E-state index in [0.717, 1.165) is 0 Å². The molecule has 0 amide bonds. The van der Waals surface area contributed by atoms with Gasteiger partial charge in [0.25, 0.3) is 0 Å². The molecule has 80 valence electrons. The summed E-state index contributed by atoms with van der Waals surface area (Å²) in [5.41, 5.74) is 15.2. The predicted octanol–water partition coefficient (Wildman–Crippen LogP) is 1.08.